The Morgan fingerprint density at radius 1 is 1.15 bits per heavy atom. The number of anilines is 2. The maximum atomic E-state index is 14.8. The van der Waals surface area contributed by atoms with E-state index in [1.54, 1.807) is 0 Å². The molecule has 2 aromatic carbocycles. The second-order valence-electron chi connectivity index (χ2n) is 13.6. The average Bonchev–Trinajstić information content (AvgIpc) is 3.33. The van der Waals surface area contributed by atoms with E-state index in [9.17, 15) is 23.1 Å². The summed E-state index contributed by atoms with van der Waals surface area (Å²) in [5.74, 6) is -1.01. The standard InChI is InChI=1S/C34H41ClF3N5O3/c1-6-26-33(18-25(40-26)30(44)45)9-11-43(12-10-33)27-17-28(42-31(39)41-27)46-29(34(36,37)38)23-8-7-22(35)16-24(23)20-13-19(2)14-21(15-20)32(3,4)5/h7-8,13-17,25-26,29,40H,6,9-12,18H2,1-5H3,(H,44,45)(H2,39,41,42)/t25?,26?,29-/m1/s1. The Balaban J connectivity index is 1.45. The highest BCUT2D eigenvalue weighted by molar-refractivity contribution is 6.30. The zero-order chi connectivity index (χ0) is 33.6. The highest BCUT2D eigenvalue weighted by atomic mass is 35.5. The molecular weight excluding hydrogens is 619 g/mol. The summed E-state index contributed by atoms with van der Waals surface area (Å²) in [6, 6.07) is 10.9. The number of piperidine rings is 1. The Kier molecular flexibility index (Phi) is 9.22. The molecule has 2 aliphatic rings. The number of hydrogen-bond donors (Lipinski definition) is 3. The van der Waals surface area contributed by atoms with Gasteiger partial charge in [0.05, 0.1) is 0 Å². The zero-order valence-electron chi connectivity index (χ0n) is 26.7. The van der Waals surface area contributed by atoms with Gasteiger partial charge in [-0.15, -0.1) is 0 Å². The van der Waals surface area contributed by atoms with Crippen LogP contribution < -0.4 is 20.7 Å². The van der Waals surface area contributed by atoms with Gasteiger partial charge in [0.25, 0.3) is 0 Å². The second kappa shape index (κ2) is 12.6. The number of nitrogens with one attached hydrogen (secondary N) is 1. The van der Waals surface area contributed by atoms with Crippen LogP contribution in [-0.2, 0) is 10.2 Å². The molecule has 0 saturated carbocycles. The van der Waals surface area contributed by atoms with Crippen LogP contribution in [0.15, 0.2) is 42.5 Å². The Bertz CT molecular complexity index is 1600. The maximum Gasteiger partial charge on any atom is 0.429 e. The average molecular weight is 660 g/mol. The van der Waals surface area contributed by atoms with Gasteiger partial charge in [0.1, 0.15) is 11.9 Å². The van der Waals surface area contributed by atoms with Crippen LogP contribution in [0.4, 0.5) is 24.9 Å². The first-order valence-electron chi connectivity index (χ1n) is 15.5. The first-order chi connectivity index (χ1) is 21.5. The summed E-state index contributed by atoms with van der Waals surface area (Å²) in [4.78, 5) is 22.0. The molecule has 2 unspecified atom stereocenters. The largest absolute Gasteiger partial charge is 0.480 e. The number of nitrogens with two attached hydrogens (primary N) is 1. The quantitative estimate of drug-likeness (QED) is 0.239. The SMILES string of the molecule is CCC1NC(C(=O)O)CC12CCN(c1cc(O[C@H](c3ccc(Cl)cc3-c3cc(C)cc(C(C)(C)C)c3)C(F)(F)F)nc(N)n1)CC2. The summed E-state index contributed by atoms with van der Waals surface area (Å²) in [6.07, 6.45) is -4.43. The molecule has 248 valence electrons. The molecule has 0 amide bonds. The highest BCUT2D eigenvalue weighted by Crippen LogP contribution is 2.46. The minimum Gasteiger partial charge on any atom is -0.480 e. The predicted molar refractivity (Wildman–Crippen MR) is 173 cm³/mol. The van der Waals surface area contributed by atoms with Crippen molar-refractivity contribution >= 4 is 29.3 Å². The number of carboxylic acid groups (broad SMARTS) is 1. The zero-order valence-corrected chi connectivity index (χ0v) is 27.5. The summed E-state index contributed by atoms with van der Waals surface area (Å²) in [6.45, 7) is 11.2. The third-order valence-electron chi connectivity index (χ3n) is 9.34. The lowest BCUT2D eigenvalue weighted by Crippen LogP contribution is -2.46. The van der Waals surface area contributed by atoms with Crippen molar-refractivity contribution in [3.63, 3.8) is 0 Å². The van der Waals surface area contributed by atoms with Gasteiger partial charge in [0.2, 0.25) is 17.9 Å². The van der Waals surface area contributed by atoms with Crippen molar-refractivity contribution in [3.05, 3.63) is 64.2 Å². The molecule has 5 rings (SSSR count). The second-order valence-corrected chi connectivity index (χ2v) is 14.0. The lowest BCUT2D eigenvalue weighted by atomic mass is 9.71. The van der Waals surface area contributed by atoms with Crippen LogP contribution in [0.2, 0.25) is 5.02 Å². The fourth-order valence-corrected chi connectivity index (χ4v) is 7.10. The van der Waals surface area contributed by atoms with E-state index in [4.69, 9.17) is 22.1 Å². The number of alkyl halides is 3. The van der Waals surface area contributed by atoms with Crippen molar-refractivity contribution in [1.82, 2.24) is 15.3 Å². The van der Waals surface area contributed by atoms with Gasteiger partial charge in [-0.05, 0) is 72.3 Å². The van der Waals surface area contributed by atoms with E-state index in [0.717, 1.165) is 17.5 Å². The smallest absolute Gasteiger partial charge is 0.429 e. The normalized spacial score (nSPS) is 20.6. The number of aryl methyl sites for hydroxylation is 1. The van der Waals surface area contributed by atoms with Crippen molar-refractivity contribution in [2.45, 2.75) is 90.1 Å². The van der Waals surface area contributed by atoms with E-state index < -0.39 is 24.3 Å². The molecule has 3 aromatic rings. The molecule has 0 bridgehead atoms. The van der Waals surface area contributed by atoms with E-state index >= 15 is 0 Å². The molecule has 3 heterocycles. The van der Waals surface area contributed by atoms with Gasteiger partial charge in [-0.2, -0.15) is 23.1 Å². The lowest BCUT2D eigenvalue weighted by molar-refractivity contribution is -0.198. The van der Waals surface area contributed by atoms with Crippen LogP contribution in [-0.4, -0.2) is 52.4 Å². The lowest BCUT2D eigenvalue weighted by Gasteiger charge is -2.43. The summed E-state index contributed by atoms with van der Waals surface area (Å²) < 4.78 is 50.2. The van der Waals surface area contributed by atoms with Crippen LogP contribution in [0.3, 0.4) is 0 Å². The third-order valence-corrected chi connectivity index (χ3v) is 9.57. The van der Waals surface area contributed by atoms with Crippen molar-refractivity contribution in [1.29, 1.82) is 0 Å². The molecule has 0 aliphatic carbocycles. The summed E-state index contributed by atoms with van der Waals surface area (Å²) in [7, 11) is 0. The number of halogens is 4. The van der Waals surface area contributed by atoms with Crippen LogP contribution in [0.1, 0.15) is 76.2 Å². The Hall–Kier alpha value is -3.57. The number of carboxylic acids is 1. The molecule has 12 heteroatoms. The first kappa shape index (κ1) is 33.8. The van der Waals surface area contributed by atoms with Gasteiger partial charge in [0, 0.05) is 35.8 Å². The number of ether oxygens (including phenoxy) is 1. The number of carbonyl (C=O) groups is 1. The third kappa shape index (κ3) is 7.05. The fourth-order valence-electron chi connectivity index (χ4n) is 6.93. The molecule has 1 spiro atoms. The van der Waals surface area contributed by atoms with Crippen molar-refractivity contribution in [2.75, 3.05) is 23.7 Å². The predicted octanol–water partition coefficient (Wildman–Crippen LogP) is 7.48. The maximum absolute atomic E-state index is 14.8. The van der Waals surface area contributed by atoms with Crippen molar-refractivity contribution in [3.8, 4) is 17.0 Å². The Labute approximate surface area is 272 Å². The fraction of sp³-hybridized carbons (Fsp3) is 0.500. The van der Waals surface area contributed by atoms with E-state index in [2.05, 4.69) is 15.3 Å². The number of nitrogen functional groups attached to an aromatic ring is 1. The topological polar surface area (TPSA) is 114 Å². The number of rotatable bonds is 7. The van der Waals surface area contributed by atoms with Gasteiger partial charge in [-0.1, -0.05) is 69.1 Å². The number of aromatic nitrogens is 2. The van der Waals surface area contributed by atoms with E-state index in [1.165, 1.54) is 24.3 Å². The van der Waals surface area contributed by atoms with Crippen LogP contribution >= 0.6 is 11.6 Å². The minimum atomic E-state index is -4.80. The molecule has 2 aliphatic heterocycles. The van der Waals surface area contributed by atoms with E-state index in [0.29, 0.717) is 54.3 Å². The van der Waals surface area contributed by atoms with Gasteiger partial charge in [-0.25, -0.2) is 0 Å². The van der Waals surface area contributed by atoms with Crippen molar-refractivity contribution < 1.29 is 27.8 Å². The van der Waals surface area contributed by atoms with Crippen LogP contribution in [0.25, 0.3) is 11.1 Å². The number of nitrogens with zero attached hydrogens (tertiary/aromatic N) is 3. The molecule has 8 nitrogen and oxygen atoms in total. The molecule has 3 atom stereocenters. The van der Waals surface area contributed by atoms with Crippen LogP contribution in [0, 0.1) is 12.3 Å². The molecule has 1 aromatic heterocycles. The minimum absolute atomic E-state index is 0.0686. The molecule has 46 heavy (non-hydrogen) atoms. The highest BCUT2D eigenvalue weighted by Gasteiger charge is 2.50. The van der Waals surface area contributed by atoms with Crippen molar-refractivity contribution in [2.24, 2.45) is 5.41 Å². The molecule has 4 N–H and O–H groups in total. The number of aliphatic carboxylic acids is 1. The Morgan fingerprint density at radius 3 is 2.46 bits per heavy atom. The van der Waals surface area contributed by atoms with Gasteiger partial charge >= 0.3 is 12.1 Å². The van der Waals surface area contributed by atoms with Crippen LogP contribution in [0.5, 0.6) is 5.88 Å². The summed E-state index contributed by atoms with van der Waals surface area (Å²) in [5.41, 5.74) is 8.29. The Morgan fingerprint density at radius 2 is 1.85 bits per heavy atom. The molecular formula is C34H41ClF3N5O3. The number of hydrogen-bond acceptors (Lipinski definition) is 7. The molecule has 2 saturated heterocycles. The molecule has 2 fully saturated rings. The monoisotopic (exact) mass is 659 g/mol. The van der Waals surface area contributed by atoms with E-state index in [1.807, 2.05) is 57.7 Å². The first-order valence-corrected chi connectivity index (χ1v) is 15.9. The number of benzene rings is 2. The van der Waals surface area contributed by atoms with E-state index in [-0.39, 0.29) is 34.3 Å². The van der Waals surface area contributed by atoms with Gasteiger partial charge in [-0.3, -0.25) is 4.79 Å². The van der Waals surface area contributed by atoms with Gasteiger partial charge in [0.15, 0.2) is 0 Å². The molecule has 0 radical (unpaired) electrons. The summed E-state index contributed by atoms with van der Waals surface area (Å²) in [5, 5.41) is 13.1. The van der Waals surface area contributed by atoms with Gasteiger partial charge < -0.3 is 25.8 Å². The summed E-state index contributed by atoms with van der Waals surface area (Å²) >= 11 is 6.33.